The second-order valence-corrected chi connectivity index (χ2v) is 7.69. The fourth-order valence-electron chi connectivity index (χ4n) is 3.92. The van der Waals surface area contributed by atoms with Gasteiger partial charge in [0.2, 0.25) is 5.91 Å². The van der Waals surface area contributed by atoms with Crippen LogP contribution in [0.3, 0.4) is 0 Å². The smallest absolute Gasteiger partial charge is 0.251 e. The third-order valence-electron chi connectivity index (χ3n) is 5.56. The lowest BCUT2D eigenvalue weighted by Crippen LogP contribution is -2.48. The zero-order chi connectivity index (χ0) is 18.0. The molecule has 0 bridgehead atoms. The summed E-state index contributed by atoms with van der Waals surface area (Å²) >= 11 is 0. The summed E-state index contributed by atoms with van der Waals surface area (Å²) in [7, 11) is 0. The van der Waals surface area contributed by atoms with Crippen LogP contribution < -0.4 is 0 Å². The highest BCUT2D eigenvalue weighted by atomic mass is 19.3. The number of rotatable bonds is 3. The zero-order valence-electron chi connectivity index (χ0n) is 15.2. The Hall–Kier alpha value is -1.49. The molecule has 0 aliphatic carbocycles. The summed E-state index contributed by atoms with van der Waals surface area (Å²) in [6.07, 6.45) is 1.47. The number of likely N-dealkylation sites (tertiary alicyclic amines) is 2. The van der Waals surface area contributed by atoms with Crippen molar-refractivity contribution in [3.8, 4) is 0 Å². The molecular formula is C20H28F2N2O. The van der Waals surface area contributed by atoms with Gasteiger partial charge in [-0.2, -0.15) is 0 Å². The Balaban J connectivity index is 1.59. The Labute approximate surface area is 149 Å². The van der Waals surface area contributed by atoms with E-state index in [0.717, 1.165) is 32.5 Å². The third-order valence-corrected chi connectivity index (χ3v) is 5.56. The molecular weight excluding hydrogens is 322 g/mol. The summed E-state index contributed by atoms with van der Waals surface area (Å²) in [6.45, 7) is 7.19. The standard InChI is InChI=1S/C20H28F2N2O/c1-15-5-6-16(2)18(12-15)14-23-9-3-4-17(13-23)19(25)24-10-7-20(21,22)8-11-24/h5-6,12,17H,3-4,7-11,13-14H2,1-2H3. The van der Waals surface area contributed by atoms with Gasteiger partial charge in [-0.15, -0.1) is 0 Å². The highest BCUT2D eigenvalue weighted by Gasteiger charge is 2.38. The molecule has 2 saturated heterocycles. The first-order valence-electron chi connectivity index (χ1n) is 9.29. The van der Waals surface area contributed by atoms with Crippen LogP contribution in [0.5, 0.6) is 0 Å². The van der Waals surface area contributed by atoms with Crippen molar-refractivity contribution in [3.63, 3.8) is 0 Å². The number of amides is 1. The predicted octanol–water partition coefficient (Wildman–Crippen LogP) is 3.77. The monoisotopic (exact) mass is 350 g/mol. The van der Waals surface area contributed by atoms with E-state index in [0.29, 0.717) is 0 Å². The third kappa shape index (κ3) is 4.57. The number of aryl methyl sites for hydroxylation is 2. The summed E-state index contributed by atoms with van der Waals surface area (Å²) in [5.41, 5.74) is 3.84. The van der Waals surface area contributed by atoms with Gasteiger partial charge in [-0.3, -0.25) is 9.69 Å². The number of benzene rings is 1. The number of nitrogens with zero attached hydrogens (tertiary/aromatic N) is 2. The van der Waals surface area contributed by atoms with E-state index in [1.54, 1.807) is 4.90 Å². The van der Waals surface area contributed by atoms with Gasteiger partial charge >= 0.3 is 0 Å². The SMILES string of the molecule is Cc1ccc(C)c(CN2CCCC(C(=O)N3CCC(F)(F)CC3)C2)c1. The number of carbonyl (C=O) groups excluding carboxylic acids is 1. The van der Waals surface area contributed by atoms with Crippen molar-refractivity contribution in [2.45, 2.75) is 52.0 Å². The molecule has 25 heavy (non-hydrogen) atoms. The van der Waals surface area contributed by atoms with E-state index in [1.165, 1.54) is 16.7 Å². The van der Waals surface area contributed by atoms with Gasteiger partial charge < -0.3 is 4.90 Å². The number of hydrogen-bond acceptors (Lipinski definition) is 2. The van der Waals surface area contributed by atoms with Gasteiger partial charge in [0.25, 0.3) is 5.92 Å². The Morgan fingerprint density at radius 1 is 1.20 bits per heavy atom. The molecule has 5 heteroatoms. The van der Waals surface area contributed by atoms with Crippen molar-refractivity contribution >= 4 is 5.91 Å². The minimum atomic E-state index is -2.60. The summed E-state index contributed by atoms with van der Waals surface area (Å²) < 4.78 is 26.6. The molecule has 1 aromatic carbocycles. The fraction of sp³-hybridized carbons (Fsp3) is 0.650. The van der Waals surface area contributed by atoms with Crippen LogP contribution in [-0.4, -0.2) is 47.8 Å². The second-order valence-electron chi connectivity index (χ2n) is 7.69. The van der Waals surface area contributed by atoms with Gasteiger partial charge in [0.15, 0.2) is 0 Å². The first-order valence-corrected chi connectivity index (χ1v) is 9.29. The highest BCUT2D eigenvalue weighted by Crippen LogP contribution is 2.29. The van der Waals surface area contributed by atoms with Crippen LogP contribution >= 0.6 is 0 Å². The molecule has 3 rings (SSSR count). The molecule has 0 spiro atoms. The molecule has 3 nitrogen and oxygen atoms in total. The van der Waals surface area contributed by atoms with Gasteiger partial charge in [-0.25, -0.2) is 8.78 Å². The average molecular weight is 350 g/mol. The fourth-order valence-corrected chi connectivity index (χ4v) is 3.92. The van der Waals surface area contributed by atoms with Crippen molar-refractivity contribution in [2.24, 2.45) is 5.92 Å². The molecule has 2 aliphatic heterocycles. The van der Waals surface area contributed by atoms with Crippen LogP contribution in [0.2, 0.25) is 0 Å². The topological polar surface area (TPSA) is 23.6 Å². The van der Waals surface area contributed by atoms with Crippen LogP contribution in [-0.2, 0) is 11.3 Å². The first kappa shape index (κ1) is 18.3. The number of piperidine rings is 2. The molecule has 2 fully saturated rings. The minimum absolute atomic E-state index is 0.0504. The predicted molar refractivity (Wildman–Crippen MR) is 94.7 cm³/mol. The first-order chi connectivity index (χ1) is 11.8. The lowest BCUT2D eigenvalue weighted by Gasteiger charge is -2.38. The van der Waals surface area contributed by atoms with Crippen LogP contribution in [0.25, 0.3) is 0 Å². The van der Waals surface area contributed by atoms with Gasteiger partial charge in [0.05, 0.1) is 5.92 Å². The maximum absolute atomic E-state index is 13.3. The molecule has 0 radical (unpaired) electrons. The van der Waals surface area contributed by atoms with E-state index in [1.807, 2.05) is 0 Å². The van der Waals surface area contributed by atoms with Crippen LogP contribution in [0, 0.1) is 19.8 Å². The van der Waals surface area contributed by atoms with Crippen molar-refractivity contribution < 1.29 is 13.6 Å². The molecule has 1 amide bonds. The second kappa shape index (κ2) is 7.40. The largest absolute Gasteiger partial charge is 0.342 e. The highest BCUT2D eigenvalue weighted by molar-refractivity contribution is 5.79. The zero-order valence-corrected chi connectivity index (χ0v) is 15.2. The summed E-state index contributed by atoms with van der Waals surface area (Å²) in [6, 6.07) is 6.48. The summed E-state index contributed by atoms with van der Waals surface area (Å²) in [5.74, 6) is -2.58. The minimum Gasteiger partial charge on any atom is -0.342 e. The van der Waals surface area contributed by atoms with Gasteiger partial charge in [0.1, 0.15) is 0 Å². The number of carbonyl (C=O) groups is 1. The van der Waals surface area contributed by atoms with Crippen molar-refractivity contribution in [1.82, 2.24) is 9.80 Å². The molecule has 0 saturated carbocycles. The quantitative estimate of drug-likeness (QED) is 0.828. The molecule has 1 atom stereocenters. The lowest BCUT2D eigenvalue weighted by atomic mass is 9.94. The van der Waals surface area contributed by atoms with Crippen molar-refractivity contribution in [2.75, 3.05) is 26.2 Å². The van der Waals surface area contributed by atoms with E-state index in [9.17, 15) is 13.6 Å². The lowest BCUT2D eigenvalue weighted by molar-refractivity contribution is -0.143. The maximum atomic E-state index is 13.3. The molecule has 2 heterocycles. The molecule has 1 aromatic rings. The average Bonchev–Trinajstić information content (AvgIpc) is 2.58. The molecule has 2 aliphatic rings. The maximum Gasteiger partial charge on any atom is 0.251 e. The van der Waals surface area contributed by atoms with Gasteiger partial charge in [0, 0.05) is 39.0 Å². The molecule has 0 N–H and O–H groups in total. The van der Waals surface area contributed by atoms with Crippen LogP contribution in [0.4, 0.5) is 8.78 Å². The summed E-state index contributed by atoms with van der Waals surface area (Å²) in [5, 5.41) is 0. The number of alkyl halides is 2. The normalized spacial score (nSPS) is 24.3. The Bertz CT molecular complexity index is 622. The Morgan fingerprint density at radius 3 is 2.64 bits per heavy atom. The van der Waals surface area contributed by atoms with Crippen LogP contribution in [0.1, 0.15) is 42.4 Å². The van der Waals surface area contributed by atoms with E-state index in [4.69, 9.17) is 0 Å². The van der Waals surface area contributed by atoms with E-state index >= 15 is 0 Å². The Morgan fingerprint density at radius 2 is 1.92 bits per heavy atom. The van der Waals surface area contributed by atoms with Gasteiger partial charge in [-0.1, -0.05) is 23.8 Å². The van der Waals surface area contributed by atoms with Crippen LogP contribution in [0.15, 0.2) is 18.2 Å². The van der Waals surface area contributed by atoms with E-state index in [-0.39, 0.29) is 37.8 Å². The molecule has 0 aromatic heterocycles. The summed E-state index contributed by atoms with van der Waals surface area (Å²) in [4.78, 5) is 16.7. The van der Waals surface area contributed by atoms with Crippen molar-refractivity contribution in [3.05, 3.63) is 34.9 Å². The van der Waals surface area contributed by atoms with Gasteiger partial charge in [-0.05, 0) is 44.4 Å². The molecule has 138 valence electrons. The number of halogens is 2. The van der Waals surface area contributed by atoms with Crippen molar-refractivity contribution in [1.29, 1.82) is 0 Å². The molecule has 1 unspecified atom stereocenters. The Kier molecular flexibility index (Phi) is 5.42. The number of hydrogen-bond donors (Lipinski definition) is 0. The van der Waals surface area contributed by atoms with E-state index in [2.05, 4.69) is 36.9 Å². The van der Waals surface area contributed by atoms with E-state index < -0.39 is 5.92 Å².